The van der Waals surface area contributed by atoms with E-state index in [0.717, 1.165) is 4.52 Å². The van der Waals surface area contributed by atoms with Crippen LogP contribution in [0.4, 0.5) is 0 Å². The molecule has 0 saturated carbocycles. The largest absolute Gasteiger partial charge is 0.394 e. The molecule has 0 bridgehead atoms. The van der Waals surface area contributed by atoms with Crippen LogP contribution in [0.25, 0.3) is 5.65 Å². The number of nitrogens with one attached hydrogen (secondary N) is 2. The molecular formula is C10H12N4O6. The monoisotopic (exact) mass is 284 g/mol. The molecule has 0 unspecified atom stereocenters. The Morgan fingerprint density at radius 2 is 2.05 bits per heavy atom. The van der Waals surface area contributed by atoms with Crippen LogP contribution in [0, 0.1) is 0 Å². The Hall–Kier alpha value is -2.01. The first-order valence-electron chi connectivity index (χ1n) is 5.85. The molecule has 1 aliphatic rings. The first-order chi connectivity index (χ1) is 9.52. The van der Waals surface area contributed by atoms with Gasteiger partial charge in [-0.2, -0.15) is 9.61 Å². The van der Waals surface area contributed by atoms with E-state index >= 15 is 0 Å². The van der Waals surface area contributed by atoms with Crippen molar-refractivity contribution in [3.05, 3.63) is 32.7 Å². The van der Waals surface area contributed by atoms with Crippen LogP contribution in [0.5, 0.6) is 0 Å². The van der Waals surface area contributed by atoms with Crippen LogP contribution in [-0.2, 0) is 4.74 Å². The molecule has 0 spiro atoms. The third kappa shape index (κ3) is 1.78. The van der Waals surface area contributed by atoms with Crippen molar-refractivity contribution in [2.45, 2.75) is 24.4 Å². The van der Waals surface area contributed by atoms with Gasteiger partial charge in [0.25, 0.3) is 0 Å². The van der Waals surface area contributed by atoms with E-state index < -0.39 is 42.4 Å². The summed E-state index contributed by atoms with van der Waals surface area (Å²) in [6.07, 6.45) is -3.27. The number of H-pyrrole nitrogens is 2. The zero-order chi connectivity index (χ0) is 14.4. The minimum Gasteiger partial charge on any atom is -0.394 e. The summed E-state index contributed by atoms with van der Waals surface area (Å²) in [6.45, 7) is -0.467. The molecule has 0 amide bonds. The molecule has 4 atom stereocenters. The highest BCUT2D eigenvalue weighted by Crippen LogP contribution is 2.34. The van der Waals surface area contributed by atoms with E-state index in [-0.39, 0.29) is 11.2 Å². The lowest BCUT2D eigenvalue weighted by Gasteiger charge is -2.12. The molecular weight excluding hydrogens is 272 g/mol. The maximum absolute atomic E-state index is 11.5. The average molecular weight is 284 g/mol. The second kappa shape index (κ2) is 4.52. The number of nitrogens with zero attached hydrogens (tertiary/aromatic N) is 2. The lowest BCUT2D eigenvalue weighted by Crippen LogP contribution is -2.32. The van der Waals surface area contributed by atoms with Gasteiger partial charge in [0.1, 0.15) is 30.1 Å². The minimum atomic E-state index is -1.30. The van der Waals surface area contributed by atoms with Crippen molar-refractivity contribution in [3.8, 4) is 0 Å². The van der Waals surface area contributed by atoms with Crippen molar-refractivity contribution >= 4 is 5.65 Å². The maximum atomic E-state index is 11.5. The number of fused-ring (bicyclic) bond motifs is 1. The Morgan fingerprint density at radius 1 is 1.30 bits per heavy atom. The first-order valence-corrected chi connectivity index (χ1v) is 5.85. The van der Waals surface area contributed by atoms with Gasteiger partial charge in [0.05, 0.1) is 12.8 Å². The molecule has 1 aliphatic heterocycles. The molecule has 20 heavy (non-hydrogen) atoms. The highest BCUT2D eigenvalue weighted by Gasteiger charge is 2.44. The van der Waals surface area contributed by atoms with Gasteiger partial charge in [-0.25, -0.2) is 9.59 Å². The summed E-state index contributed by atoms with van der Waals surface area (Å²) in [6, 6.07) is 0. The smallest absolute Gasteiger partial charge is 0.352 e. The summed E-state index contributed by atoms with van der Waals surface area (Å²) >= 11 is 0. The van der Waals surface area contributed by atoms with Crippen molar-refractivity contribution in [1.29, 1.82) is 0 Å². The Kier molecular flexibility index (Phi) is 2.94. The highest BCUT2D eigenvalue weighted by atomic mass is 16.6. The van der Waals surface area contributed by atoms with E-state index in [1.807, 2.05) is 4.98 Å². The fourth-order valence-electron chi connectivity index (χ4n) is 2.29. The average Bonchev–Trinajstić information content (AvgIpc) is 2.93. The summed E-state index contributed by atoms with van der Waals surface area (Å²) in [5, 5.41) is 32.5. The van der Waals surface area contributed by atoms with Crippen molar-refractivity contribution in [2.24, 2.45) is 0 Å². The predicted molar refractivity (Wildman–Crippen MR) is 63.1 cm³/mol. The topological polar surface area (TPSA) is 153 Å². The first kappa shape index (κ1) is 13.0. The highest BCUT2D eigenvalue weighted by molar-refractivity contribution is 5.47. The van der Waals surface area contributed by atoms with E-state index in [0.29, 0.717) is 0 Å². The predicted octanol–water partition coefficient (Wildman–Crippen LogP) is -3.14. The van der Waals surface area contributed by atoms with Crippen LogP contribution in [0.1, 0.15) is 11.7 Å². The van der Waals surface area contributed by atoms with Gasteiger partial charge in [0.2, 0.25) is 0 Å². The molecule has 0 radical (unpaired) electrons. The summed E-state index contributed by atoms with van der Waals surface area (Å²) in [7, 11) is 0. The number of ether oxygens (including phenoxy) is 1. The normalized spacial score (nSPS) is 30.1. The van der Waals surface area contributed by atoms with Gasteiger partial charge in [-0.1, -0.05) is 0 Å². The van der Waals surface area contributed by atoms with Crippen molar-refractivity contribution in [1.82, 2.24) is 19.6 Å². The SMILES string of the molecule is O=c1[nH]c(=O)n2ncc([C@@H]3O[C@H](CO)[C@@H](O)[C@H]3O)c2[nH]1. The van der Waals surface area contributed by atoms with E-state index in [1.54, 1.807) is 0 Å². The van der Waals surface area contributed by atoms with Gasteiger partial charge >= 0.3 is 11.4 Å². The summed E-state index contributed by atoms with van der Waals surface area (Å²) in [4.78, 5) is 27.2. The molecule has 3 heterocycles. The molecule has 3 rings (SSSR count). The number of aromatic amines is 2. The number of hydrogen-bond donors (Lipinski definition) is 5. The standard InChI is InChI=1S/C10H12N4O6/c15-2-4-5(16)6(17)7(20-4)3-1-11-14-8(3)12-9(18)13-10(14)19/h1,4-7,15-17H,2H2,(H2,12,13,18,19)/t4-,5-,6-,7+/m1/s1. The Labute approximate surface area is 110 Å². The molecule has 108 valence electrons. The third-order valence-corrected chi connectivity index (χ3v) is 3.29. The van der Waals surface area contributed by atoms with Crippen LogP contribution in [0.15, 0.2) is 15.8 Å². The second-order valence-electron chi connectivity index (χ2n) is 4.50. The molecule has 10 nitrogen and oxygen atoms in total. The number of aliphatic hydroxyl groups excluding tert-OH is 3. The Morgan fingerprint density at radius 3 is 2.70 bits per heavy atom. The van der Waals surface area contributed by atoms with E-state index in [1.165, 1.54) is 6.20 Å². The summed E-state index contributed by atoms with van der Waals surface area (Å²) < 4.78 is 6.24. The van der Waals surface area contributed by atoms with E-state index in [2.05, 4.69) is 10.1 Å². The fraction of sp³-hybridized carbons (Fsp3) is 0.500. The Bertz CT molecular complexity index is 748. The van der Waals surface area contributed by atoms with Gasteiger partial charge in [-0.15, -0.1) is 0 Å². The van der Waals surface area contributed by atoms with Gasteiger partial charge in [0, 0.05) is 5.56 Å². The van der Waals surface area contributed by atoms with Crippen molar-refractivity contribution < 1.29 is 20.1 Å². The van der Waals surface area contributed by atoms with Crippen LogP contribution in [0.2, 0.25) is 0 Å². The molecule has 1 saturated heterocycles. The van der Waals surface area contributed by atoms with Crippen molar-refractivity contribution in [2.75, 3.05) is 6.61 Å². The molecule has 2 aromatic rings. The molecule has 2 aromatic heterocycles. The minimum absolute atomic E-state index is 0.0635. The van der Waals surface area contributed by atoms with E-state index in [4.69, 9.17) is 9.84 Å². The van der Waals surface area contributed by atoms with Crippen LogP contribution in [-0.4, -0.2) is 59.8 Å². The zero-order valence-electron chi connectivity index (χ0n) is 10.1. The van der Waals surface area contributed by atoms with Gasteiger partial charge in [0.15, 0.2) is 0 Å². The fourth-order valence-corrected chi connectivity index (χ4v) is 2.29. The number of rotatable bonds is 2. The lowest BCUT2D eigenvalue weighted by atomic mass is 10.0. The zero-order valence-corrected chi connectivity index (χ0v) is 10.1. The quantitative estimate of drug-likeness (QED) is 0.390. The van der Waals surface area contributed by atoms with Crippen molar-refractivity contribution in [3.63, 3.8) is 0 Å². The van der Waals surface area contributed by atoms with Crippen LogP contribution >= 0.6 is 0 Å². The number of hydrogen-bond acceptors (Lipinski definition) is 7. The van der Waals surface area contributed by atoms with E-state index in [9.17, 15) is 19.8 Å². The Balaban J connectivity index is 2.12. The van der Waals surface area contributed by atoms with Gasteiger partial charge < -0.3 is 20.1 Å². The molecule has 0 aliphatic carbocycles. The molecule has 10 heteroatoms. The second-order valence-corrected chi connectivity index (χ2v) is 4.50. The third-order valence-electron chi connectivity index (χ3n) is 3.29. The summed E-state index contributed by atoms with van der Waals surface area (Å²) in [5.41, 5.74) is -1.15. The molecule has 0 aromatic carbocycles. The summed E-state index contributed by atoms with van der Waals surface area (Å²) in [5.74, 6) is 0. The lowest BCUT2D eigenvalue weighted by molar-refractivity contribution is -0.0224. The number of aromatic nitrogens is 4. The number of aliphatic hydroxyl groups is 3. The van der Waals surface area contributed by atoms with Gasteiger partial charge in [-0.05, 0) is 0 Å². The molecule has 5 N–H and O–H groups in total. The van der Waals surface area contributed by atoms with Gasteiger partial charge in [-0.3, -0.25) is 9.97 Å². The van der Waals surface area contributed by atoms with Crippen LogP contribution in [0.3, 0.4) is 0 Å². The van der Waals surface area contributed by atoms with Crippen LogP contribution < -0.4 is 11.4 Å². The molecule has 1 fully saturated rings. The maximum Gasteiger partial charge on any atom is 0.352 e.